The maximum Gasteiger partial charge on any atom is 0.470 e. The fraction of sp³-hybridized carbons (Fsp3) is 0.577. The Morgan fingerprint density at radius 2 is 0.550 bits per heavy atom. The van der Waals surface area contributed by atoms with Crippen molar-refractivity contribution in [2.24, 2.45) is 0 Å². The van der Waals surface area contributed by atoms with E-state index in [-0.39, 0.29) is 12.6 Å². The third kappa shape index (κ3) is 35.6. The Morgan fingerprint density at radius 3 is 0.757 bits per heavy atom. The molecule has 111 heavy (non-hydrogen) atoms. The molecule has 0 spiro atoms. The summed E-state index contributed by atoms with van der Waals surface area (Å²) in [4.78, 5) is 36.1. The summed E-state index contributed by atoms with van der Waals surface area (Å²) in [7, 11) is -32.3. The highest BCUT2D eigenvalue weighted by atomic mass is 28.5. The van der Waals surface area contributed by atoms with Gasteiger partial charge in [0.2, 0.25) is 16.6 Å². The number of hydrogen-bond acceptors (Lipinski definition) is 15. The molecular formula is C78H136F6O15Si12. The van der Waals surface area contributed by atoms with Crippen molar-refractivity contribution in [2.45, 2.75) is 278 Å². The van der Waals surface area contributed by atoms with Gasteiger partial charge >= 0.3 is 62.3 Å². The van der Waals surface area contributed by atoms with E-state index < -0.39 is 149 Å². The van der Waals surface area contributed by atoms with Crippen molar-refractivity contribution < 1.29 is 92.0 Å². The third-order valence-corrected chi connectivity index (χ3v) is 62.4. The standard InChI is InChI=1S/C36H46O5Si4.C24H54O5Si4.C18H36F6O5Si4/c1-31(2)36(37)38-29-20-30-45(39-42(3,4)5,40-43(6,32-21-12-8-13-22-32)33-23-14-9-15-24-33)41-44(7,34-25-16-10-17-26-34)35-27-18-11-19-28-35;1-12-18-31(10,19-13-2)28-33(27-30(7,8)9,22-16-17-26-24(25)23(5)6)29-32(11,20-14-3)21-15-4;1-14(2)15(25)26-16(17(19,20)21,18(22,23)24)12-13-33(27-30(3,4)5,28-31(6,7)8)29-32(9,10)11/h8-19,21-28H,1,20,29-30H2,2-7H3;5,12-22H2,1-4,6-11H3;1,12-13H2,2-11H3. The number of rotatable bonds is 45. The Labute approximate surface area is 676 Å². The highest BCUT2D eigenvalue weighted by Gasteiger charge is 2.75. The van der Waals surface area contributed by atoms with Crippen LogP contribution in [-0.4, -0.2) is 150 Å². The fourth-order valence-electron chi connectivity index (χ4n) is 12.9. The van der Waals surface area contributed by atoms with Crippen molar-refractivity contribution in [3.8, 4) is 0 Å². The Balaban J connectivity index is 0.000000578. The maximum atomic E-state index is 14.0. The minimum absolute atomic E-state index is 0.228. The molecule has 15 nitrogen and oxygen atoms in total. The van der Waals surface area contributed by atoms with E-state index >= 15 is 0 Å². The monoisotopic (exact) mass is 1760 g/mol. The van der Waals surface area contributed by atoms with Gasteiger partial charge in [-0.2, -0.15) is 26.3 Å². The van der Waals surface area contributed by atoms with Crippen LogP contribution in [0.2, 0.25) is 167 Å². The van der Waals surface area contributed by atoms with Crippen LogP contribution >= 0.6 is 0 Å². The minimum Gasteiger partial charge on any atom is -0.462 e. The van der Waals surface area contributed by atoms with Crippen molar-refractivity contribution in [3.05, 3.63) is 158 Å². The van der Waals surface area contributed by atoms with Crippen LogP contribution in [0.4, 0.5) is 26.3 Å². The molecule has 0 aromatic heterocycles. The van der Waals surface area contributed by atoms with E-state index in [1.54, 1.807) is 72.8 Å². The van der Waals surface area contributed by atoms with Crippen LogP contribution in [0, 0.1) is 0 Å². The summed E-state index contributed by atoms with van der Waals surface area (Å²) in [5, 5.41) is 4.58. The van der Waals surface area contributed by atoms with Crippen molar-refractivity contribution in [3.63, 3.8) is 0 Å². The number of ether oxygens (including phenoxy) is 3. The van der Waals surface area contributed by atoms with E-state index in [0.717, 1.165) is 77.5 Å². The zero-order valence-corrected chi connectivity index (χ0v) is 83.9. The molecule has 33 heteroatoms. The molecule has 628 valence electrons. The normalized spacial score (nSPS) is 13.4. The zero-order chi connectivity index (χ0) is 85.2. The molecule has 4 rings (SSSR count). The molecule has 0 saturated carbocycles. The number of esters is 3. The van der Waals surface area contributed by atoms with Gasteiger partial charge in [-0.05, 0) is 203 Å². The summed E-state index contributed by atoms with van der Waals surface area (Å²) < 4.78 is 162. The quantitative estimate of drug-likeness (QED) is 0.0103. The number of hydrogen-bond donors (Lipinski definition) is 0. The lowest BCUT2D eigenvalue weighted by atomic mass is 9.98. The number of alkyl halides is 6. The lowest BCUT2D eigenvalue weighted by Gasteiger charge is -2.46. The lowest BCUT2D eigenvalue weighted by Crippen LogP contribution is -2.72. The molecule has 0 aliphatic heterocycles. The second kappa shape index (κ2) is 43.7. The molecule has 0 bridgehead atoms. The Morgan fingerprint density at radius 1 is 0.324 bits per heavy atom. The van der Waals surface area contributed by atoms with Crippen molar-refractivity contribution in [1.29, 1.82) is 0 Å². The van der Waals surface area contributed by atoms with Gasteiger partial charge in [0.1, 0.15) is 0 Å². The van der Waals surface area contributed by atoms with Gasteiger partial charge in [0.05, 0.1) is 13.2 Å². The molecule has 0 N–H and O–H groups in total. The van der Waals surface area contributed by atoms with Gasteiger partial charge in [-0.1, -0.05) is 194 Å². The molecule has 0 atom stereocenters. The number of halogens is 6. The molecule has 0 aliphatic carbocycles. The lowest BCUT2D eigenvalue weighted by molar-refractivity contribution is -0.369. The van der Waals surface area contributed by atoms with Crippen LogP contribution in [0.3, 0.4) is 0 Å². The maximum absolute atomic E-state index is 14.0. The number of carbonyl (C=O) groups excluding carboxylic acids is 3. The van der Waals surface area contributed by atoms with E-state index in [9.17, 15) is 40.7 Å². The molecule has 0 fully saturated rings. The van der Waals surface area contributed by atoms with E-state index in [1.807, 2.05) is 24.3 Å². The van der Waals surface area contributed by atoms with Crippen molar-refractivity contribution in [2.75, 3.05) is 13.2 Å². The zero-order valence-electron chi connectivity index (χ0n) is 71.9. The number of carbonyl (C=O) groups is 3. The molecule has 0 unspecified atom stereocenters. The molecule has 4 aromatic rings. The first-order chi connectivity index (χ1) is 50.7. The van der Waals surface area contributed by atoms with Crippen molar-refractivity contribution in [1.82, 2.24) is 0 Å². The molecule has 4 aromatic carbocycles. The minimum atomic E-state index is -5.95. The predicted octanol–water partition coefficient (Wildman–Crippen LogP) is 21.1. The van der Waals surface area contributed by atoms with Crippen LogP contribution in [-0.2, 0) is 65.6 Å². The largest absolute Gasteiger partial charge is 0.470 e. The van der Waals surface area contributed by atoms with Crippen LogP contribution in [0.1, 0.15) is 93.4 Å². The van der Waals surface area contributed by atoms with E-state index in [2.05, 4.69) is 215 Å². The van der Waals surface area contributed by atoms with Gasteiger partial charge in [-0.15, -0.1) is 0 Å². The molecule has 0 aliphatic rings. The van der Waals surface area contributed by atoms with Gasteiger partial charge in [0, 0.05) is 41.3 Å². The summed E-state index contributed by atoms with van der Waals surface area (Å²) in [6, 6.07) is 46.9. The molecular weight excluding hydrogens is 1630 g/mol. The molecule has 0 heterocycles. The highest BCUT2D eigenvalue weighted by molar-refractivity contribution is 7.05. The summed E-state index contributed by atoms with van der Waals surface area (Å²) in [5.74, 6) is -2.52. The average Bonchev–Trinajstić information content (AvgIpc) is 0.753. The summed E-state index contributed by atoms with van der Waals surface area (Å²) >= 11 is 0. The average molecular weight is 1760 g/mol. The topological polar surface area (TPSA) is 162 Å². The van der Waals surface area contributed by atoms with Crippen molar-refractivity contribution >= 4 is 140 Å². The van der Waals surface area contributed by atoms with E-state index in [0.29, 0.717) is 42.7 Å². The summed E-state index contributed by atoms with van der Waals surface area (Å²) in [6.07, 6.45) is -7.83. The molecule has 0 amide bonds. The first kappa shape index (κ1) is 103. The van der Waals surface area contributed by atoms with Gasteiger partial charge in [0.15, 0.2) is 58.2 Å². The van der Waals surface area contributed by atoms with Crippen LogP contribution in [0.25, 0.3) is 0 Å². The first-order valence-electron chi connectivity index (χ1n) is 38.9. The van der Waals surface area contributed by atoms with Gasteiger partial charge < -0.3 is 51.2 Å². The fourth-order valence-corrected chi connectivity index (χ4v) is 65.1. The van der Waals surface area contributed by atoms with E-state index in [1.165, 1.54) is 0 Å². The molecule has 0 saturated heterocycles. The Kier molecular flexibility index (Phi) is 40.7. The second-order valence-corrected chi connectivity index (χ2v) is 82.8. The van der Waals surface area contributed by atoms with Gasteiger partial charge in [-0.3, -0.25) is 0 Å². The van der Waals surface area contributed by atoms with Gasteiger partial charge in [-0.25, -0.2) is 14.4 Å². The highest BCUT2D eigenvalue weighted by Crippen LogP contribution is 2.51. The van der Waals surface area contributed by atoms with Crippen LogP contribution in [0.5, 0.6) is 0 Å². The second-order valence-electron chi connectivity index (χ2n) is 34.5. The first-order valence-corrected chi connectivity index (χ1v) is 72.2. The summed E-state index contributed by atoms with van der Waals surface area (Å²) in [5.41, 5.74) is -4.54. The Bertz CT molecular complexity index is 3260. The molecule has 0 radical (unpaired) electrons. The SMILES string of the molecule is C=C(C)C(=O)OC(CC[Si](O[Si](C)(C)C)(O[Si](C)(C)C)O[Si](C)(C)C)(C(F)(F)F)C(F)(F)F.C=C(C)C(=O)OCCC[Si](O[Si](C)(C)C)(O[Si](C)(CCC)CCC)O[Si](C)(CCC)CCC.C=C(C)C(=O)OCCC[Si](O[Si](C)(C)C)(O[Si](C)(c1ccccc1)c1ccccc1)O[Si](C)(c1ccccc1)c1ccccc1. The smallest absolute Gasteiger partial charge is 0.462 e. The van der Waals surface area contributed by atoms with E-state index in [4.69, 9.17) is 46.5 Å². The van der Waals surface area contributed by atoms with Crippen LogP contribution in [0.15, 0.2) is 158 Å². The van der Waals surface area contributed by atoms with Crippen LogP contribution < -0.4 is 20.7 Å². The predicted molar refractivity (Wildman–Crippen MR) is 470 cm³/mol. The van der Waals surface area contributed by atoms with Gasteiger partial charge in [0.25, 0.3) is 0 Å². The summed E-state index contributed by atoms with van der Waals surface area (Å²) in [6.45, 7) is 62.7. The number of benzene rings is 4. The third-order valence-electron chi connectivity index (χ3n) is 17.0. The Hall–Kier alpha value is -3.67.